The number of esters is 2. The number of hydrogen-bond donors (Lipinski definition) is 0. The number of aliphatic imine (C=N–C) groups is 1. The number of rotatable bonds is 13. The summed E-state index contributed by atoms with van der Waals surface area (Å²) in [5, 5.41) is 0.923. The van der Waals surface area contributed by atoms with E-state index in [4.69, 9.17) is 9.47 Å². The molecule has 2 aromatic carbocycles. The molecule has 6 rings (SSSR count). The molecule has 0 amide bonds. The first-order chi connectivity index (χ1) is 28.1. The molecule has 18 heteroatoms. The summed E-state index contributed by atoms with van der Waals surface area (Å²) in [7, 11) is 6.12. The fourth-order valence-electron chi connectivity index (χ4n) is 6.32. The molecule has 0 unspecified atom stereocenters. The van der Waals surface area contributed by atoms with Gasteiger partial charge in [-0.05, 0) is 68.5 Å². The van der Waals surface area contributed by atoms with Crippen molar-refractivity contribution >= 4 is 82.4 Å². The molecule has 0 fully saturated rings. The lowest BCUT2D eigenvalue weighted by Crippen LogP contribution is -2.38. The van der Waals surface area contributed by atoms with Crippen LogP contribution in [0.3, 0.4) is 0 Å². The highest BCUT2D eigenvalue weighted by Gasteiger charge is 2.23. The lowest BCUT2D eigenvalue weighted by atomic mass is 10.1. The highest BCUT2D eigenvalue weighted by atomic mass is 79.9. The van der Waals surface area contributed by atoms with Crippen LogP contribution in [0.25, 0.3) is 11.2 Å². The van der Waals surface area contributed by atoms with Crippen molar-refractivity contribution in [3.05, 3.63) is 122 Å². The molecule has 1 aliphatic rings. The number of benzene rings is 2. The predicted molar refractivity (Wildman–Crippen MR) is 238 cm³/mol. The highest BCUT2D eigenvalue weighted by Crippen LogP contribution is 2.24. The number of ether oxygens (including phenoxy) is 2. The van der Waals surface area contributed by atoms with Crippen LogP contribution in [0.1, 0.15) is 68.5 Å². The molecule has 0 radical (unpaired) electrons. The number of carbonyl (C=O) groups excluding carboxylic acids is 2. The summed E-state index contributed by atoms with van der Waals surface area (Å²) in [6, 6.07) is 16.0. The first kappa shape index (κ1) is 47.0. The van der Waals surface area contributed by atoms with E-state index in [9.17, 15) is 28.8 Å². The van der Waals surface area contributed by atoms with Crippen molar-refractivity contribution in [2.75, 3.05) is 13.2 Å². The smallest absolute Gasteiger partial charge is 0.332 e. The SMILES string of the molecule is BrCc1cccc(Br)c1.CCOC(=O)CCCC1=Nc2c(c(=O)n(C)c(=O)n2C)C1.CCOC(=O)CCCc1nc2c(c(=O)n(C)c(=O)n2C)n1Cc1cccc(Br)c1. The predicted octanol–water partition coefficient (Wildman–Crippen LogP) is 5.92. The molecule has 4 heterocycles. The third-order valence-corrected chi connectivity index (χ3v) is 10.9. The molecule has 0 aliphatic carbocycles. The number of halogens is 3. The minimum absolute atomic E-state index is 0.225. The van der Waals surface area contributed by atoms with E-state index in [1.54, 1.807) is 27.9 Å². The van der Waals surface area contributed by atoms with E-state index in [2.05, 4.69) is 69.9 Å². The van der Waals surface area contributed by atoms with Gasteiger partial charge < -0.3 is 14.0 Å². The molecular formula is C41H48Br3N7O8. The van der Waals surface area contributed by atoms with Crippen molar-refractivity contribution in [2.45, 2.75) is 70.7 Å². The number of imidazole rings is 1. The fraction of sp³-hybridized carbons (Fsp3) is 0.415. The Kier molecular flexibility index (Phi) is 17.6. The van der Waals surface area contributed by atoms with Crippen molar-refractivity contribution in [2.24, 2.45) is 33.2 Å². The third-order valence-electron chi connectivity index (χ3n) is 9.31. The Hall–Kier alpha value is -4.68. The number of fused-ring (bicyclic) bond motifs is 2. The zero-order chi connectivity index (χ0) is 43.4. The molecule has 59 heavy (non-hydrogen) atoms. The van der Waals surface area contributed by atoms with Gasteiger partial charge in [-0.25, -0.2) is 19.6 Å². The minimum Gasteiger partial charge on any atom is -0.466 e. The molecule has 15 nitrogen and oxygen atoms in total. The van der Waals surface area contributed by atoms with E-state index in [0.717, 1.165) is 34.7 Å². The van der Waals surface area contributed by atoms with E-state index >= 15 is 0 Å². The van der Waals surface area contributed by atoms with Crippen molar-refractivity contribution < 1.29 is 19.1 Å². The number of alkyl halides is 1. The van der Waals surface area contributed by atoms with Gasteiger partial charge in [0, 0.05) is 80.4 Å². The standard InChI is InChI=1S/C20H23BrN4O4.C14H19N3O4.C7H6Br2/c1-4-29-16(26)10-6-9-15-22-18-17(19(27)24(3)20(28)23(18)2)25(15)12-13-7-5-8-14(21)11-13;1-4-21-11(18)7-5-6-9-8-10-12(15-9)16(2)14(20)17(3)13(10)19;8-5-6-2-1-3-7(9)4-6/h5,7-8,11H,4,6,9-10,12H2,1-3H3;4-8H2,1-3H3;1-4H,5H2. The average molecular weight is 1010 g/mol. The van der Waals surface area contributed by atoms with E-state index in [0.29, 0.717) is 86.7 Å². The second kappa shape index (κ2) is 22.1. The normalized spacial score (nSPS) is 11.6. The monoisotopic (exact) mass is 1000 g/mol. The quantitative estimate of drug-likeness (QED) is 0.103. The maximum absolute atomic E-state index is 12.9. The van der Waals surface area contributed by atoms with Gasteiger partial charge in [0.25, 0.3) is 11.1 Å². The van der Waals surface area contributed by atoms with E-state index in [-0.39, 0.29) is 35.2 Å². The number of aryl methyl sites for hydroxylation is 2. The molecule has 0 N–H and O–H groups in total. The summed E-state index contributed by atoms with van der Waals surface area (Å²) in [5.41, 5.74) is 2.89. The van der Waals surface area contributed by atoms with Crippen molar-refractivity contribution in [1.29, 1.82) is 0 Å². The molecule has 1 aliphatic heterocycles. The van der Waals surface area contributed by atoms with Gasteiger partial charge in [0.2, 0.25) is 0 Å². The molecule has 0 atom stereocenters. The second-order valence-electron chi connectivity index (χ2n) is 13.6. The summed E-state index contributed by atoms with van der Waals surface area (Å²) >= 11 is 10.2. The summed E-state index contributed by atoms with van der Waals surface area (Å²) in [6.45, 7) is 4.69. The lowest BCUT2D eigenvalue weighted by molar-refractivity contribution is -0.144. The average Bonchev–Trinajstić information content (AvgIpc) is 3.80. The van der Waals surface area contributed by atoms with E-state index < -0.39 is 5.69 Å². The zero-order valence-electron chi connectivity index (χ0n) is 33.9. The summed E-state index contributed by atoms with van der Waals surface area (Å²) in [5.74, 6) is 0.610. The van der Waals surface area contributed by atoms with Crippen molar-refractivity contribution in [3.63, 3.8) is 0 Å². The number of aromatic nitrogens is 6. The van der Waals surface area contributed by atoms with E-state index in [1.807, 2.05) is 41.0 Å². The number of carbonyl (C=O) groups is 2. The Bertz CT molecular complexity index is 2590. The first-order valence-corrected chi connectivity index (χ1v) is 21.7. The van der Waals surface area contributed by atoms with Crippen LogP contribution >= 0.6 is 47.8 Å². The minimum atomic E-state index is -0.423. The molecule has 0 bridgehead atoms. The molecule has 0 saturated heterocycles. The maximum Gasteiger partial charge on any atom is 0.332 e. The van der Waals surface area contributed by atoms with Crippen molar-refractivity contribution in [3.8, 4) is 0 Å². The van der Waals surface area contributed by atoms with Crippen LogP contribution in [0.5, 0.6) is 0 Å². The fourth-order valence-corrected chi connectivity index (χ4v) is 7.56. The van der Waals surface area contributed by atoms with Gasteiger partial charge in [-0.15, -0.1) is 0 Å². The molecule has 316 valence electrons. The van der Waals surface area contributed by atoms with Gasteiger partial charge in [0.1, 0.15) is 11.6 Å². The maximum atomic E-state index is 12.9. The number of hydrogen-bond acceptors (Lipinski definition) is 10. The van der Waals surface area contributed by atoms with E-state index in [1.165, 1.54) is 28.8 Å². The van der Waals surface area contributed by atoms with Gasteiger partial charge in [-0.2, -0.15) is 0 Å². The van der Waals surface area contributed by atoms with Crippen molar-refractivity contribution in [1.82, 2.24) is 27.8 Å². The second-order valence-corrected chi connectivity index (χ2v) is 16.0. The highest BCUT2D eigenvalue weighted by molar-refractivity contribution is 9.10. The Morgan fingerprint density at radius 2 is 1.27 bits per heavy atom. The zero-order valence-corrected chi connectivity index (χ0v) is 38.7. The Morgan fingerprint density at radius 1 is 0.729 bits per heavy atom. The summed E-state index contributed by atoms with van der Waals surface area (Å²) in [6.07, 6.45) is 3.31. The van der Waals surface area contributed by atoms with Crippen LogP contribution in [0.15, 0.2) is 81.6 Å². The van der Waals surface area contributed by atoms with Gasteiger partial charge in [0.05, 0.1) is 18.8 Å². The first-order valence-electron chi connectivity index (χ1n) is 19.0. The lowest BCUT2D eigenvalue weighted by Gasteiger charge is -2.10. The molecular weight excluding hydrogens is 958 g/mol. The molecule has 0 spiro atoms. The van der Waals surface area contributed by atoms with Crippen LogP contribution in [0.4, 0.5) is 5.82 Å². The molecule has 3 aromatic heterocycles. The van der Waals surface area contributed by atoms with Gasteiger partial charge in [0.15, 0.2) is 11.2 Å². The Labute approximate surface area is 366 Å². The van der Waals surface area contributed by atoms with Crippen LogP contribution in [0.2, 0.25) is 0 Å². The van der Waals surface area contributed by atoms with Crippen LogP contribution < -0.4 is 22.5 Å². The molecule has 5 aromatic rings. The summed E-state index contributed by atoms with van der Waals surface area (Å²) in [4.78, 5) is 80.9. The van der Waals surface area contributed by atoms with Crippen LogP contribution in [-0.2, 0) is 72.0 Å². The van der Waals surface area contributed by atoms with Crippen LogP contribution in [0, 0.1) is 0 Å². The van der Waals surface area contributed by atoms with Gasteiger partial charge >= 0.3 is 23.3 Å². The summed E-state index contributed by atoms with van der Waals surface area (Å²) < 4.78 is 18.7. The largest absolute Gasteiger partial charge is 0.466 e. The number of nitrogens with zero attached hydrogens (tertiary/aromatic N) is 7. The Balaban J connectivity index is 0.000000222. The van der Waals surface area contributed by atoms with Gasteiger partial charge in [-0.3, -0.25) is 37.4 Å². The third kappa shape index (κ3) is 12.2. The Morgan fingerprint density at radius 3 is 1.83 bits per heavy atom. The van der Waals surface area contributed by atoms with Gasteiger partial charge in [-0.1, -0.05) is 72.1 Å². The van der Waals surface area contributed by atoms with Crippen LogP contribution in [-0.4, -0.2) is 58.7 Å². The topological polar surface area (TPSA) is 171 Å². The molecule has 0 saturated carbocycles.